The first-order valence-corrected chi connectivity index (χ1v) is 11.5. The van der Waals surface area contributed by atoms with Crippen molar-refractivity contribution in [1.82, 2.24) is 15.3 Å². The summed E-state index contributed by atoms with van der Waals surface area (Å²) < 4.78 is 0. The van der Waals surface area contributed by atoms with Gasteiger partial charge in [0, 0.05) is 36.7 Å². The predicted octanol–water partition coefficient (Wildman–Crippen LogP) is 5.01. The van der Waals surface area contributed by atoms with Gasteiger partial charge in [0.25, 0.3) is 5.91 Å². The molecule has 1 amide bonds. The first-order chi connectivity index (χ1) is 14.8. The topological polar surface area (TPSA) is 70.2 Å². The summed E-state index contributed by atoms with van der Waals surface area (Å²) in [5.74, 6) is 1.00. The predicted molar refractivity (Wildman–Crippen MR) is 126 cm³/mol. The highest BCUT2D eigenvalue weighted by molar-refractivity contribution is 5.92. The van der Waals surface area contributed by atoms with E-state index in [0.29, 0.717) is 17.6 Å². The lowest BCUT2D eigenvalue weighted by atomic mass is 9.69. The number of anilines is 3. The van der Waals surface area contributed by atoms with Crippen LogP contribution in [-0.2, 0) is 0 Å². The fourth-order valence-electron chi connectivity index (χ4n) is 5.67. The number of carbonyl (C=O) groups excluding carboxylic acids is 1. The van der Waals surface area contributed by atoms with Crippen molar-refractivity contribution in [3.05, 3.63) is 42.2 Å². The van der Waals surface area contributed by atoms with E-state index in [1.54, 1.807) is 12.3 Å². The van der Waals surface area contributed by atoms with Crippen molar-refractivity contribution < 1.29 is 4.79 Å². The molecule has 0 saturated heterocycles. The molecule has 2 saturated carbocycles. The van der Waals surface area contributed by atoms with Gasteiger partial charge in [0.1, 0.15) is 5.69 Å². The largest absolute Gasteiger partial charge is 0.372 e. The molecule has 2 N–H and O–H groups in total. The molecule has 1 aromatic heterocycles. The summed E-state index contributed by atoms with van der Waals surface area (Å²) in [5, 5.41) is 6.51. The van der Waals surface area contributed by atoms with Crippen molar-refractivity contribution in [1.29, 1.82) is 0 Å². The smallest absolute Gasteiger partial charge is 0.270 e. The molecule has 0 aliphatic heterocycles. The summed E-state index contributed by atoms with van der Waals surface area (Å²) in [7, 11) is 0. The lowest BCUT2D eigenvalue weighted by Crippen LogP contribution is -2.47. The van der Waals surface area contributed by atoms with E-state index in [2.05, 4.69) is 72.3 Å². The lowest BCUT2D eigenvalue weighted by molar-refractivity contribution is 0.0821. The lowest BCUT2D eigenvalue weighted by Gasteiger charge is -2.39. The number of nitrogens with zero attached hydrogens (tertiary/aromatic N) is 3. The molecule has 2 aromatic rings. The molecule has 2 aliphatic carbocycles. The van der Waals surface area contributed by atoms with Gasteiger partial charge in [0.15, 0.2) is 0 Å². The van der Waals surface area contributed by atoms with Gasteiger partial charge in [-0.1, -0.05) is 20.8 Å². The number of aromatic nitrogens is 2. The van der Waals surface area contributed by atoms with Gasteiger partial charge in [-0.05, 0) is 80.2 Å². The number of benzene rings is 1. The number of rotatable bonds is 7. The fourth-order valence-corrected chi connectivity index (χ4v) is 5.67. The number of hydrogen-bond acceptors (Lipinski definition) is 5. The molecule has 1 aromatic carbocycles. The molecule has 31 heavy (non-hydrogen) atoms. The molecular formula is C25H35N5O. The molecule has 3 atom stereocenters. The third-order valence-electron chi connectivity index (χ3n) is 8.24. The number of nitrogens with one attached hydrogen (secondary N) is 2. The van der Waals surface area contributed by atoms with E-state index in [0.717, 1.165) is 25.2 Å². The second-order valence-electron chi connectivity index (χ2n) is 9.75. The average Bonchev–Trinajstić information content (AvgIpc) is 3.09. The Labute approximate surface area is 185 Å². The van der Waals surface area contributed by atoms with Crippen molar-refractivity contribution >= 4 is 23.2 Å². The van der Waals surface area contributed by atoms with Gasteiger partial charge in [-0.15, -0.1) is 0 Å². The van der Waals surface area contributed by atoms with Gasteiger partial charge in [0.2, 0.25) is 5.95 Å². The SMILES string of the molecule is CCN(CC)c1ccc(Nc2nccc(C(=O)NC3CC4CCC3(C)C4(C)C)n2)cc1. The minimum atomic E-state index is -0.114. The average molecular weight is 422 g/mol. The Morgan fingerprint density at radius 3 is 2.42 bits per heavy atom. The van der Waals surface area contributed by atoms with Crippen LogP contribution in [0.4, 0.5) is 17.3 Å². The molecule has 2 bridgehead atoms. The van der Waals surface area contributed by atoms with Crippen LogP contribution in [0.5, 0.6) is 0 Å². The monoisotopic (exact) mass is 421 g/mol. The molecule has 0 spiro atoms. The van der Waals surface area contributed by atoms with Gasteiger partial charge >= 0.3 is 0 Å². The number of carbonyl (C=O) groups is 1. The summed E-state index contributed by atoms with van der Waals surface area (Å²) in [5.41, 5.74) is 2.90. The van der Waals surface area contributed by atoms with Gasteiger partial charge in [-0.3, -0.25) is 4.79 Å². The van der Waals surface area contributed by atoms with Crippen molar-refractivity contribution in [2.24, 2.45) is 16.7 Å². The van der Waals surface area contributed by atoms with E-state index in [-0.39, 0.29) is 22.8 Å². The van der Waals surface area contributed by atoms with Crippen LogP contribution in [0, 0.1) is 16.7 Å². The first-order valence-electron chi connectivity index (χ1n) is 11.5. The molecular weight excluding hydrogens is 386 g/mol. The number of hydrogen-bond donors (Lipinski definition) is 2. The Bertz CT molecular complexity index is 937. The molecule has 0 radical (unpaired) electrons. The summed E-state index contributed by atoms with van der Waals surface area (Å²) in [6.07, 6.45) is 5.14. The Balaban J connectivity index is 1.43. The number of fused-ring (bicyclic) bond motifs is 2. The standard InChI is InChI=1S/C25H35N5O/c1-6-30(7-2)19-10-8-18(9-11-19)27-23-26-15-13-20(28-23)22(31)29-21-16-17-12-14-25(21,5)24(17,3)4/h8-11,13,15,17,21H,6-7,12,14,16H2,1-5H3,(H,29,31)(H,26,27,28). The molecule has 1 heterocycles. The maximum Gasteiger partial charge on any atom is 0.270 e. The molecule has 166 valence electrons. The van der Waals surface area contributed by atoms with Gasteiger partial charge in [-0.2, -0.15) is 0 Å². The number of amides is 1. The molecule has 2 aliphatic rings. The van der Waals surface area contributed by atoms with E-state index in [9.17, 15) is 4.79 Å². The Morgan fingerprint density at radius 1 is 1.13 bits per heavy atom. The summed E-state index contributed by atoms with van der Waals surface area (Å²) in [6.45, 7) is 13.3. The van der Waals surface area contributed by atoms with Crippen LogP contribution in [-0.4, -0.2) is 35.0 Å². The van der Waals surface area contributed by atoms with Crippen LogP contribution in [0.3, 0.4) is 0 Å². The second kappa shape index (κ2) is 8.13. The summed E-state index contributed by atoms with van der Waals surface area (Å²) >= 11 is 0. The van der Waals surface area contributed by atoms with Crippen molar-refractivity contribution in [2.45, 2.75) is 59.9 Å². The van der Waals surface area contributed by atoms with E-state index in [1.807, 2.05) is 12.1 Å². The minimum absolute atomic E-state index is 0.114. The first kappa shape index (κ1) is 21.6. The maximum absolute atomic E-state index is 13.0. The van der Waals surface area contributed by atoms with Crippen LogP contribution in [0.25, 0.3) is 0 Å². The van der Waals surface area contributed by atoms with Crippen LogP contribution in [0.2, 0.25) is 0 Å². The third kappa shape index (κ3) is 3.77. The highest BCUT2D eigenvalue weighted by atomic mass is 16.2. The summed E-state index contributed by atoms with van der Waals surface area (Å²) in [4.78, 5) is 24.1. The van der Waals surface area contributed by atoms with Crippen molar-refractivity contribution in [2.75, 3.05) is 23.3 Å². The second-order valence-corrected chi connectivity index (χ2v) is 9.75. The van der Waals surface area contributed by atoms with Crippen molar-refractivity contribution in [3.63, 3.8) is 0 Å². The zero-order valence-corrected chi connectivity index (χ0v) is 19.4. The molecule has 6 nitrogen and oxygen atoms in total. The van der Waals surface area contributed by atoms with E-state index >= 15 is 0 Å². The summed E-state index contributed by atoms with van der Waals surface area (Å²) in [6, 6.07) is 10.1. The Hall–Kier alpha value is -2.63. The van der Waals surface area contributed by atoms with Crippen molar-refractivity contribution in [3.8, 4) is 0 Å². The highest BCUT2D eigenvalue weighted by Gasteiger charge is 2.61. The van der Waals surface area contributed by atoms with E-state index in [1.165, 1.54) is 18.5 Å². The van der Waals surface area contributed by atoms with Crippen LogP contribution >= 0.6 is 0 Å². The Morgan fingerprint density at radius 2 is 1.84 bits per heavy atom. The van der Waals surface area contributed by atoms with E-state index < -0.39 is 0 Å². The van der Waals surface area contributed by atoms with Gasteiger partial charge < -0.3 is 15.5 Å². The van der Waals surface area contributed by atoms with Crippen LogP contribution < -0.4 is 15.5 Å². The Kier molecular flexibility index (Phi) is 5.67. The van der Waals surface area contributed by atoms with Gasteiger partial charge in [-0.25, -0.2) is 9.97 Å². The van der Waals surface area contributed by atoms with E-state index in [4.69, 9.17) is 0 Å². The molecule has 4 rings (SSSR count). The quantitative estimate of drug-likeness (QED) is 0.657. The molecule has 2 fully saturated rings. The minimum Gasteiger partial charge on any atom is -0.372 e. The van der Waals surface area contributed by atoms with Crippen LogP contribution in [0.1, 0.15) is 64.4 Å². The van der Waals surface area contributed by atoms with Crippen LogP contribution in [0.15, 0.2) is 36.5 Å². The zero-order chi connectivity index (χ0) is 22.2. The maximum atomic E-state index is 13.0. The molecule has 3 unspecified atom stereocenters. The van der Waals surface area contributed by atoms with Gasteiger partial charge in [0.05, 0.1) is 0 Å². The third-order valence-corrected chi connectivity index (χ3v) is 8.24. The molecule has 6 heteroatoms. The fraction of sp³-hybridized carbons (Fsp3) is 0.560. The highest BCUT2D eigenvalue weighted by Crippen LogP contribution is 2.65. The normalized spacial score (nSPS) is 26.0. The zero-order valence-electron chi connectivity index (χ0n) is 19.4.